The molecular weight excluding hydrogens is 302 g/mol. The van der Waals surface area contributed by atoms with Crippen LogP contribution in [0.25, 0.3) is 11.0 Å². The van der Waals surface area contributed by atoms with Gasteiger partial charge in [-0.05, 0) is 12.1 Å². The van der Waals surface area contributed by atoms with Gasteiger partial charge in [0.15, 0.2) is 0 Å². The number of nitrogens with zero attached hydrogens (tertiary/aromatic N) is 3. The molecule has 0 radical (unpaired) electrons. The van der Waals surface area contributed by atoms with Gasteiger partial charge in [0, 0.05) is 19.9 Å². The van der Waals surface area contributed by atoms with Gasteiger partial charge in [-0.2, -0.15) is 0 Å². The van der Waals surface area contributed by atoms with Crippen molar-refractivity contribution in [1.29, 1.82) is 0 Å². The Morgan fingerprint density at radius 1 is 1.32 bits per heavy atom. The Labute approximate surface area is 130 Å². The second-order valence-corrected chi connectivity index (χ2v) is 5.55. The van der Waals surface area contributed by atoms with Gasteiger partial charge < -0.3 is 14.7 Å². The lowest BCUT2D eigenvalue weighted by Crippen LogP contribution is -2.19. The van der Waals surface area contributed by atoms with Gasteiger partial charge in [-0.3, -0.25) is 4.79 Å². The third-order valence-corrected chi connectivity index (χ3v) is 3.89. The van der Waals surface area contributed by atoms with E-state index in [1.165, 1.54) is 11.8 Å². The minimum absolute atomic E-state index is 0.0768. The van der Waals surface area contributed by atoms with E-state index < -0.39 is 0 Å². The first-order valence-corrected chi connectivity index (χ1v) is 7.82. The molecule has 1 amide bonds. The topological polar surface area (TPSA) is 96.7 Å². The lowest BCUT2D eigenvalue weighted by molar-refractivity contribution is -0.118. The van der Waals surface area contributed by atoms with E-state index in [9.17, 15) is 4.79 Å². The van der Waals surface area contributed by atoms with Gasteiger partial charge >= 0.3 is 0 Å². The molecule has 1 aromatic carbocycles. The summed E-state index contributed by atoms with van der Waals surface area (Å²) in [6.45, 7) is 0. The lowest BCUT2D eigenvalue weighted by atomic mass is 10.3. The number of hydrogen-bond donors (Lipinski definition) is 2. The maximum atomic E-state index is 11.2. The van der Waals surface area contributed by atoms with E-state index in [0.29, 0.717) is 24.0 Å². The van der Waals surface area contributed by atoms with E-state index in [1.807, 2.05) is 24.3 Å². The Bertz CT molecular complexity index is 749. The maximum absolute atomic E-state index is 11.2. The van der Waals surface area contributed by atoms with Crippen LogP contribution in [0.1, 0.15) is 11.7 Å². The van der Waals surface area contributed by atoms with Crippen molar-refractivity contribution in [2.24, 2.45) is 0 Å². The summed E-state index contributed by atoms with van der Waals surface area (Å²) in [7, 11) is 1.59. The Hall–Kier alpha value is -2.35. The molecule has 8 heteroatoms. The number of aromatic nitrogens is 4. The number of amides is 1. The van der Waals surface area contributed by atoms with Gasteiger partial charge in [0.1, 0.15) is 5.82 Å². The number of fused-ring (bicyclic) bond motifs is 1. The Kier molecular flexibility index (Phi) is 4.38. The monoisotopic (exact) mass is 317 g/mol. The van der Waals surface area contributed by atoms with Crippen LogP contribution in [0.5, 0.6) is 0 Å². The molecular formula is C14H15N5O2S. The second kappa shape index (κ2) is 6.61. The van der Waals surface area contributed by atoms with Gasteiger partial charge in [-0.1, -0.05) is 23.9 Å². The van der Waals surface area contributed by atoms with Gasteiger partial charge in [0.25, 0.3) is 5.22 Å². The van der Waals surface area contributed by atoms with Crippen molar-refractivity contribution in [1.82, 2.24) is 25.5 Å². The second-order valence-electron chi connectivity index (χ2n) is 4.62. The molecule has 2 N–H and O–H groups in total. The number of imidazole rings is 1. The third-order valence-electron chi connectivity index (χ3n) is 3.07. The van der Waals surface area contributed by atoms with Crippen LogP contribution in [0.4, 0.5) is 0 Å². The molecule has 3 rings (SSSR count). The van der Waals surface area contributed by atoms with Crippen LogP contribution in [-0.2, 0) is 17.6 Å². The molecule has 0 aliphatic rings. The minimum atomic E-state index is -0.0768. The quantitative estimate of drug-likeness (QED) is 0.670. The van der Waals surface area contributed by atoms with Crippen LogP contribution in [-0.4, -0.2) is 38.9 Å². The number of aryl methyl sites for hydroxylation is 2. The minimum Gasteiger partial charge on any atom is -0.416 e. The van der Waals surface area contributed by atoms with Crippen molar-refractivity contribution in [3.63, 3.8) is 0 Å². The number of benzene rings is 1. The van der Waals surface area contributed by atoms with Crippen LogP contribution in [0.3, 0.4) is 0 Å². The molecule has 3 aromatic rings. The molecule has 0 fully saturated rings. The average Bonchev–Trinajstić information content (AvgIpc) is 3.16. The number of hydrogen-bond acceptors (Lipinski definition) is 6. The third kappa shape index (κ3) is 3.45. The zero-order valence-corrected chi connectivity index (χ0v) is 12.8. The Morgan fingerprint density at radius 2 is 2.18 bits per heavy atom. The summed E-state index contributed by atoms with van der Waals surface area (Å²) in [6, 6.07) is 7.89. The van der Waals surface area contributed by atoms with E-state index in [2.05, 4.69) is 25.5 Å². The highest BCUT2D eigenvalue weighted by Gasteiger charge is 2.10. The number of para-hydroxylation sites is 2. The summed E-state index contributed by atoms with van der Waals surface area (Å²) < 4.78 is 5.49. The van der Waals surface area contributed by atoms with Crippen LogP contribution in [0.15, 0.2) is 33.9 Å². The van der Waals surface area contributed by atoms with Crippen molar-refractivity contribution in [3.8, 4) is 0 Å². The van der Waals surface area contributed by atoms with Crippen LogP contribution in [0, 0.1) is 0 Å². The first-order chi connectivity index (χ1) is 10.7. The molecule has 114 valence electrons. The lowest BCUT2D eigenvalue weighted by Gasteiger charge is -1.95. The molecule has 2 heterocycles. The normalized spacial score (nSPS) is 11.0. The van der Waals surface area contributed by atoms with Crippen LogP contribution < -0.4 is 5.32 Å². The number of nitrogens with one attached hydrogen (secondary N) is 2. The van der Waals surface area contributed by atoms with Crippen molar-refractivity contribution >= 4 is 28.7 Å². The highest BCUT2D eigenvalue weighted by atomic mass is 32.2. The predicted molar refractivity (Wildman–Crippen MR) is 82.6 cm³/mol. The summed E-state index contributed by atoms with van der Waals surface area (Å²) in [4.78, 5) is 18.9. The zero-order chi connectivity index (χ0) is 15.4. The molecule has 0 aliphatic carbocycles. The van der Waals surface area contributed by atoms with Crippen LogP contribution >= 0.6 is 11.8 Å². The SMILES string of the molecule is CNC(=O)CSc1nnc(CCc2nc3ccccc3[nH]2)o1. The molecule has 0 saturated heterocycles. The summed E-state index contributed by atoms with van der Waals surface area (Å²) in [5.41, 5.74) is 1.97. The molecule has 0 bridgehead atoms. The van der Waals surface area contributed by atoms with E-state index in [4.69, 9.17) is 4.42 Å². The molecule has 0 aliphatic heterocycles. The molecule has 0 atom stereocenters. The first kappa shape index (κ1) is 14.6. The number of carbonyl (C=O) groups is 1. The fraction of sp³-hybridized carbons (Fsp3) is 0.286. The summed E-state index contributed by atoms with van der Waals surface area (Å²) in [6.07, 6.45) is 1.30. The van der Waals surface area contributed by atoms with E-state index in [0.717, 1.165) is 16.9 Å². The van der Waals surface area contributed by atoms with E-state index in [1.54, 1.807) is 7.05 Å². The standard InChI is InChI=1S/C14H15N5O2S/c1-15-12(20)8-22-14-19-18-13(21-14)7-6-11-16-9-4-2-3-5-10(9)17-11/h2-5H,6-8H2,1H3,(H,15,20)(H,16,17). The molecule has 0 saturated carbocycles. The number of H-pyrrole nitrogens is 1. The largest absolute Gasteiger partial charge is 0.416 e. The van der Waals surface area contributed by atoms with Crippen molar-refractivity contribution in [2.75, 3.05) is 12.8 Å². The fourth-order valence-corrected chi connectivity index (χ4v) is 2.60. The van der Waals surface area contributed by atoms with E-state index >= 15 is 0 Å². The van der Waals surface area contributed by atoms with E-state index in [-0.39, 0.29) is 11.7 Å². The van der Waals surface area contributed by atoms with Gasteiger partial charge in [-0.15, -0.1) is 10.2 Å². The van der Waals surface area contributed by atoms with Crippen molar-refractivity contribution in [2.45, 2.75) is 18.1 Å². The molecule has 22 heavy (non-hydrogen) atoms. The van der Waals surface area contributed by atoms with Crippen molar-refractivity contribution in [3.05, 3.63) is 36.0 Å². The summed E-state index contributed by atoms with van der Waals surface area (Å²) in [5.74, 6) is 1.62. The molecule has 2 aromatic heterocycles. The number of carbonyl (C=O) groups excluding carboxylic acids is 1. The average molecular weight is 317 g/mol. The number of rotatable bonds is 6. The Balaban J connectivity index is 1.57. The fourth-order valence-electron chi connectivity index (χ4n) is 1.95. The first-order valence-electron chi connectivity index (χ1n) is 6.84. The number of thioether (sulfide) groups is 1. The predicted octanol–water partition coefficient (Wildman–Crippen LogP) is 1.57. The smallest absolute Gasteiger partial charge is 0.277 e. The molecule has 7 nitrogen and oxygen atoms in total. The van der Waals surface area contributed by atoms with Crippen LogP contribution in [0.2, 0.25) is 0 Å². The summed E-state index contributed by atoms with van der Waals surface area (Å²) in [5, 5.41) is 10.8. The zero-order valence-electron chi connectivity index (χ0n) is 12.0. The van der Waals surface area contributed by atoms with Gasteiger partial charge in [-0.25, -0.2) is 4.98 Å². The van der Waals surface area contributed by atoms with Gasteiger partial charge in [0.2, 0.25) is 11.8 Å². The molecule has 0 unspecified atom stereocenters. The highest BCUT2D eigenvalue weighted by molar-refractivity contribution is 7.99. The highest BCUT2D eigenvalue weighted by Crippen LogP contribution is 2.17. The maximum Gasteiger partial charge on any atom is 0.277 e. The Morgan fingerprint density at radius 3 is 3.00 bits per heavy atom. The summed E-state index contributed by atoms with van der Waals surface area (Å²) >= 11 is 1.22. The van der Waals surface area contributed by atoms with Crippen molar-refractivity contribution < 1.29 is 9.21 Å². The van der Waals surface area contributed by atoms with Gasteiger partial charge in [0.05, 0.1) is 16.8 Å². The molecule has 0 spiro atoms. The number of aromatic amines is 1.